The van der Waals surface area contributed by atoms with Gasteiger partial charge in [-0.25, -0.2) is 4.99 Å². The SMILES string of the molecule is CN(C)C(=O)CN=C(NCCc1cc2ccccc2[nH]1)NCC1CCOC1. The number of hydrogen-bond acceptors (Lipinski definition) is 3. The Morgan fingerprint density at radius 3 is 2.93 bits per heavy atom. The first-order chi connectivity index (χ1) is 13.1. The fourth-order valence-corrected chi connectivity index (χ4v) is 3.03. The molecular weight excluding hydrogens is 342 g/mol. The fourth-order valence-electron chi connectivity index (χ4n) is 3.03. The number of H-pyrrole nitrogens is 1. The number of para-hydroxylation sites is 1. The molecule has 7 nitrogen and oxygen atoms in total. The minimum absolute atomic E-state index is 0.0177. The van der Waals surface area contributed by atoms with E-state index in [4.69, 9.17) is 4.74 Å². The number of aromatic amines is 1. The molecule has 0 saturated carbocycles. The van der Waals surface area contributed by atoms with Crippen LogP contribution in [0.25, 0.3) is 10.9 Å². The first-order valence-electron chi connectivity index (χ1n) is 9.48. The van der Waals surface area contributed by atoms with E-state index in [9.17, 15) is 4.79 Å². The summed E-state index contributed by atoms with van der Waals surface area (Å²) < 4.78 is 5.42. The molecule has 146 valence electrons. The van der Waals surface area contributed by atoms with E-state index in [0.717, 1.165) is 44.7 Å². The van der Waals surface area contributed by atoms with Gasteiger partial charge in [0.15, 0.2) is 5.96 Å². The first kappa shape index (κ1) is 19.2. The van der Waals surface area contributed by atoms with Crippen LogP contribution in [0.1, 0.15) is 12.1 Å². The number of rotatable bonds is 7. The molecule has 0 bridgehead atoms. The van der Waals surface area contributed by atoms with Crippen LogP contribution in [0.2, 0.25) is 0 Å². The van der Waals surface area contributed by atoms with Gasteiger partial charge in [-0.15, -0.1) is 0 Å². The number of ether oxygens (including phenoxy) is 1. The van der Waals surface area contributed by atoms with Crippen LogP contribution in [0.3, 0.4) is 0 Å². The zero-order valence-electron chi connectivity index (χ0n) is 16.1. The number of aromatic nitrogens is 1. The zero-order chi connectivity index (χ0) is 19.1. The van der Waals surface area contributed by atoms with Gasteiger partial charge < -0.3 is 25.3 Å². The summed E-state index contributed by atoms with van der Waals surface area (Å²) in [7, 11) is 3.48. The molecule has 1 aromatic heterocycles. The molecule has 1 amide bonds. The summed E-state index contributed by atoms with van der Waals surface area (Å²) >= 11 is 0. The number of aliphatic imine (C=N–C) groups is 1. The second-order valence-corrected chi connectivity index (χ2v) is 7.12. The van der Waals surface area contributed by atoms with Crippen molar-refractivity contribution in [1.82, 2.24) is 20.5 Å². The summed E-state index contributed by atoms with van der Waals surface area (Å²) in [4.78, 5) is 21.3. The Labute approximate surface area is 160 Å². The average molecular weight is 371 g/mol. The first-order valence-corrected chi connectivity index (χ1v) is 9.48. The Balaban J connectivity index is 1.53. The highest BCUT2D eigenvalue weighted by molar-refractivity contribution is 5.84. The van der Waals surface area contributed by atoms with E-state index in [1.807, 2.05) is 12.1 Å². The smallest absolute Gasteiger partial charge is 0.243 e. The molecule has 0 radical (unpaired) electrons. The highest BCUT2D eigenvalue weighted by Gasteiger charge is 2.16. The maximum absolute atomic E-state index is 11.8. The third-order valence-electron chi connectivity index (χ3n) is 4.73. The molecule has 27 heavy (non-hydrogen) atoms. The molecule has 1 aliphatic heterocycles. The van der Waals surface area contributed by atoms with E-state index in [-0.39, 0.29) is 12.5 Å². The lowest BCUT2D eigenvalue weighted by Gasteiger charge is -2.15. The molecule has 1 saturated heterocycles. The van der Waals surface area contributed by atoms with Crippen LogP contribution in [0.5, 0.6) is 0 Å². The summed E-state index contributed by atoms with van der Waals surface area (Å²) in [6.45, 7) is 3.28. The van der Waals surface area contributed by atoms with Gasteiger partial charge in [0.2, 0.25) is 5.91 Å². The lowest BCUT2D eigenvalue weighted by molar-refractivity contribution is -0.127. The third kappa shape index (κ3) is 5.72. The van der Waals surface area contributed by atoms with Crippen molar-refractivity contribution in [3.63, 3.8) is 0 Å². The van der Waals surface area contributed by atoms with E-state index in [1.165, 1.54) is 11.1 Å². The van der Waals surface area contributed by atoms with Crippen LogP contribution in [0.15, 0.2) is 35.3 Å². The number of nitrogens with zero attached hydrogens (tertiary/aromatic N) is 2. The van der Waals surface area contributed by atoms with Gasteiger partial charge in [0.25, 0.3) is 0 Å². The zero-order valence-corrected chi connectivity index (χ0v) is 16.1. The maximum Gasteiger partial charge on any atom is 0.243 e. The van der Waals surface area contributed by atoms with Crippen molar-refractivity contribution in [3.05, 3.63) is 36.0 Å². The Bertz CT molecular complexity index is 745. The van der Waals surface area contributed by atoms with Crippen LogP contribution >= 0.6 is 0 Å². The second-order valence-electron chi connectivity index (χ2n) is 7.12. The Kier molecular flexibility index (Phi) is 6.70. The molecule has 1 atom stereocenters. The Morgan fingerprint density at radius 1 is 1.33 bits per heavy atom. The minimum Gasteiger partial charge on any atom is -0.381 e. The number of amides is 1. The second kappa shape index (κ2) is 9.41. The summed E-state index contributed by atoms with van der Waals surface area (Å²) in [5.74, 6) is 1.15. The highest BCUT2D eigenvalue weighted by Crippen LogP contribution is 2.14. The summed E-state index contributed by atoms with van der Waals surface area (Å²) in [5, 5.41) is 7.90. The van der Waals surface area contributed by atoms with Gasteiger partial charge >= 0.3 is 0 Å². The molecule has 1 fully saturated rings. The van der Waals surface area contributed by atoms with Crippen LogP contribution < -0.4 is 10.6 Å². The number of carbonyl (C=O) groups excluding carboxylic acids is 1. The van der Waals surface area contributed by atoms with Gasteiger partial charge in [0, 0.05) is 57.3 Å². The molecule has 1 aliphatic rings. The molecule has 3 N–H and O–H groups in total. The molecular formula is C20H29N5O2. The predicted octanol–water partition coefficient (Wildman–Crippen LogP) is 1.37. The molecule has 2 aromatic rings. The normalized spacial score (nSPS) is 17.3. The van der Waals surface area contributed by atoms with Crippen molar-refractivity contribution in [2.75, 3.05) is 46.9 Å². The van der Waals surface area contributed by atoms with Gasteiger partial charge in [0.1, 0.15) is 6.54 Å². The van der Waals surface area contributed by atoms with Gasteiger partial charge in [0.05, 0.1) is 6.61 Å². The number of fused-ring (bicyclic) bond motifs is 1. The summed E-state index contributed by atoms with van der Waals surface area (Å²) in [6, 6.07) is 10.4. The van der Waals surface area contributed by atoms with Crippen LogP contribution in [0.4, 0.5) is 0 Å². The van der Waals surface area contributed by atoms with Crippen LogP contribution in [-0.2, 0) is 16.0 Å². The van der Waals surface area contributed by atoms with Crippen molar-refractivity contribution in [3.8, 4) is 0 Å². The predicted molar refractivity (Wildman–Crippen MR) is 108 cm³/mol. The fraction of sp³-hybridized carbons (Fsp3) is 0.500. The van der Waals surface area contributed by atoms with Crippen molar-refractivity contribution in [2.24, 2.45) is 10.9 Å². The highest BCUT2D eigenvalue weighted by atomic mass is 16.5. The number of benzene rings is 1. The standard InChI is InChI=1S/C20H29N5O2/c1-25(2)19(26)13-23-20(22-12-15-8-10-27-14-15)21-9-7-17-11-16-5-3-4-6-18(16)24-17/h3-6,11,15,24H,7-10,12-14H2,1-2H3,(H2,21,22,23). The largest absolute Gasteiger partial charge is 0.381 e. The molecule has 3 rings (SSSR count). The van der Waals surface area contributed by atoms with Gasteiger partial charge in [-0.3, -0.25) is 4.79 Å². The van der Waals surface area contributed by atoms with Crippen molar-refractivity contribution in [1.29, 1.82) is 0 Å². The van der Waals surface area contributed by atoms with Gasteiger partial charge in [-0.05, 0) is 23.9 Å². The third-order valence-corrected chi connectivity index (χ3v) is 4.73. The molecule has 0 aliphatic carbocycles. The topological polar surface area (TPSA) is 81.8 Å². The molecule has 1 unspecified atom stereocenters. The molecule has 0 spiro atoms. The quantitative estimate of drug-likeness (QED) is 0.507. The van der Waals surface area contributed by atoms with Crippen LogP contribution in [0, 0.1) is 5.92 Å². The van der Waals surface area contributed by atoms with E-state index in [1.54, 1.807) is 19.0 Å². The number of hydrogen-bond donors (Lipinski definition) is 3. The summed E-state index contributed by atoms with van der Waals surface area (Å²) in [6.07, 6.45) is 1.91. The summed E-state index contributed by atoms with van der Waals surface area (Å²) in [5.41, 5.74) is 2.33. The van der Waals surface area contributed by atoms with Crippen molar-refractivity contribution in [2.45, 2.75) is 12.8 Å². The number of likely N-dealkylation sites (N-methyl/N-ethyl adjacent to an activating group) is 1. The van der Waals surface area contributed by atoms with E-state index in [0.29, 0.717) is 11.9 Å². The molecule has 1 aromatic carbocycles. The van der Waals surface area contributed by atoms with E-state index in [2.05, 4.69) is 38.8 Å². The number of guanidine groups is 1. The maximum atomic E-state index is 11.8. The van der Waals surface area contributed by atoms with Gasteiger partial charge in [-0.2, -0.15) is 0 Å². The minimum atomic E-state index is -0.0177. The lowest BCUT2D eigenvalue weighted by atomic mass is 10.1. The monoisotopic (exact) mass is 371 g/mol. The number of carbonyl (C=O) groups is 1. The van der Waals surface area contributed by atoms with Crippen molar-refractivity contribution < 1.29 is 9.53 Å². The van der Waals surface area contributed by atoms with Crippen molar-refractivity contribution >= 4 is 22.8 Å². The van der Waals surface area contributed by atoms with E-state index < -0.39 is 0 Å². The molecule has 2 heterocycles. The number of nitrogens with one attached hydrogen (secondary N) is 3. The lowest BCUT2D eigenvalue weighted by Crippen LogP contribution is -2.41. The average Bonchev–Trinajstić information content (AvgIpc) is 3.32. The van der Waals surface area contributed by atoms with Gasteiger partial charge in [-0.1, -0.05) is 18.2 Å². The molecule has 7 heteroatoms. The Hall–Kier alpha value is -2.54. The van der Waals surface area contributed by atoms with E-state index >= 15 is 0 Å². The van der Waals surface area contributed by atoms with Crippen LogP contribution in [-0.4, -0.2) is 68.7 Å². The Morgan fingerprint density at radius 2 is 2.19 bits per heavy atom.